The highest BCUT2D eigenvalue weighted by Crippen LogP contribution is 2.35. The van der Waals surface area contributed by atoms with E-state index in [0.717, 1.165) is 5.69 Å². The molecule has 1 aliphatic heterocycles. The van der Waals surface area contributed by atoms with E-state index in [4.69, 9.17) is 9.47 Å². The van der Waals surface area contributed by atoms with Crippen molar-refractivity contribution in [2.75, 3.05) is 32.6 Å². The van der Waals surface area contributed by atoms with Gasteiger partial charge in [0.05, 0.1) is 44.5 Å². The zero-order valence-electron chi connectivity index (χ0n) is 15.5. The van der Waals surface area contributed by atoms with Gasteiger partial charge in [-0.3, -0.25) is 0 Å². The Morgan fingerprint density at radius 3 is 2.71 bits per heavy atom. The van der Waals surface area contributed by atoms with Gasteiger partial charge < -0.3 is 19.7 Å². The second kappa shape index (κ2) is 7.55. The Balaban J connectivity index is 1.34. The molecule has 0 spiro atoms. The van der Waals surface area contributed by atoms with Gasteiger partial charge in [0.15, 0.2) is 11.5 Å². The highest BCUT2D eigenvalue weighted by Gasteiger charge is 2.33. The van der Waals surface area contributed by atoms with Crippen LogP contribution in [0, 0.1) is 0 Å². The number of para-hydroxylation sites is 1. The summed E-state index contributed by atoms with van der Waals surface area (Å²) in [4.78, 5) is 15.7. The average molecular weight is 384 g/mol. The monoisotopic (exact) mass is 384 g/mol. The molecule has 4 rings (SSSR count). The third-order valence-corrected chi connectivity index (χ3v) is 4.50. The Bertz CT molecular complexity index is 949. The van der Waals surface area contributed by atoms with Crippen molar-refractivity contribution in [2.45, 2.75) is 12.6 Å². The van der Waals surface area contributed by atoms with Crippen LogP contribution in [-0.4, -0.2) is 68.2 Å². The van der Waals surface area contributed by atoms with Crippen molar-refractivity contribution in [3.63, 3.8) is 0 Å². The lowest BCUT2D eigenvalue weighted by molar-refractivity contribution is 0.127. The maximum Gasteiger partial charge on any atom is 0.322 e. The minimum Gasteiger partial charge on any atom is -0.493 e. The molecule has 0 unspecified atom stereocenters. The minimum atomic E-state index is -0.205. The van der Waals surface area contributed by atoms with Crippen molar-refractivity contribution < 1.29 is 14.3 Å². The number of ether oxygens (including phenoxy) is 2. The molecular formula is C17H20N8O3. The minimum absolute atomic E-state index is 0.0878. The summed E-state index contributed by atoms with van der Waals surface area (Å²) in [6, 6.07) is 5.22. The second-order valence-electron chi connectivity index (χ2n) is 6.28. The first-order chi connectivity index (χ1) is 13.7. The molecule has 2 aromatic heterocycles. The van der Waals surface area contributed by atoms with Gasteiger partial charge in [-0.25, -0.2) is 9.48 Å². The van der Waals surface area contributed by atoms with Crippen molar-refractivity contribution in [1.29, 1.82) is 0 Å². The molecule has 11 heteroatoms. The zero-order chi connectivity index (χ0) is 19.5. The number of benzene rings is 1. The first-order valence-corrected chi connectivity index (χ1v) is 8.69. The summed E-state index contributed by atoms with van der Waals surface area (Å²) in [5.74, 6) is 1.05. The van der Waals surface area contributed by atoms with Crippen LogP contribution in [0.3, 0.4) is 0 Å². The Morgan fingerprint density at radius 2 is 2.00 bits per heavy atom. The van der Waals surface area contributed by atoms with E-state index in [-0.39, 0.29) is 12.1 Å². The number of amides is 2. The summed E-state index contributed by atoms with van der Waals surface area (Å²) < 4.78 is 12.4. The molecule has 11 nitrogen and oxygen atoms in total. The molecular weight excluding hydrogens is 364 g/mol. The molecule has 0 saturated carbocycles. The van der Waals surface area contributed by atoms with Gasteiger partial charge in [0, 0.05) is 13.1 Å². The van der Waals surface area contributed by atoms with Crippen molar-refractivity contribution >= 4 is 11.7 Å². The van der Waals surface area contributed by atoms with Crippen molar-refractivity contribution in [2.24, 2.45) is 0 Å². The van der Waals surface area contributed by atoms with E-state index >= 15 is 0 Å². The SMILES string of the molecule is COc1cccc(NC(=O)N2CC(n3cc(Cn4nccn4)nn3)C2)c1OC. The maximum absolute atomic E-state index is 12.5. The number of nitrogens with zero attached hydrogens (tertiary/aromatic N) is 7. The topological polar surface area (TPSA) is 112 Å². The molecule has 1 saturated heterocycles. The largest absolute Gasteiger partial charge is 0.493 e. The molecule has 1 aromatic carbocycles. The number of hydrogen-bond donors (Lipinski definition) is 1. The summed E-state index contributed by atoms with van der Waals surface area (Å²) in [5, 5.41) is 19.2. The first kappa shape index (κ1) is 17.8. The van der Waals surface area contributed by atoms with E-state index in [9.17, 15) is 4.79 Å². The highest BCUT2D eigenvalue weighted by atomic mass is 16.5. The Kier molecular flexibility index (Phi) is 4.79. The molecule has 1 aliphatic rings. The molecule has 0 bridgehead atoms. The predicted molar refractivity (Wildman–Crippen MR) is 98.3 cm³/mol. The van der Waals surface area contributed by atoms with Gasteiger partial charge in [0.25, 0.3) is 0 Å². The number of anilines is 1. The van der Waals surface area contributed by atoms with E-state index in [0.29, 0.717) is 36.8 Å². The number of likely N-dealkylation sites (tertiary alicyclic amines) is 1. The molecule has 146 valence electrons. The van der Waals surface area contributed by atoms with Crippen LogP contribution in [-0.2, 0) is 6.54 Å². The number of nitrogens with one attached hydrogen (secondary N) is 1. The van der Waals surface area contributed by atoms with Gasteiger partial charge >= 0.3 is 6.03 Å². The van der Waals surface area contributed by atoms with Crippen LogP contribution in [0.4, 0.5) is 10.5 Å². The molecule has 0 radical (unpaired) electrons. The summed E-state index contributed by atoms with van der Waals surface area (Å²) in [7, 11) is 3.09. The lowest BCUT2D eigenvalue weighted by Gasteiger charge is -2.38. The maximum atomic E-state index is 12.5. The summed E-state index contributed by atoms with van der Waals surface area (Å²) >= 11 is 0. The standard InChI is InChI=1S/C17H20N8O3/c1-27-15-5-3-4-14(16(15)28-2)20-17(26)23-10-13(11-23)24-8-12(21-22-24)9-25-18-6-7-19-25/h3-8,13H,9-11H2,1-2H3,(H,20,26). The van der Waals surface area contributed by atoms with Crippen LogP contribution >= 0.6 is 0 Å². The normalized spacial score (nSPS) is 13.9. The van der Waals surface area contributed by atoms with Gasteiger partial charge in [0.1, 0.15) is 12.2 Å². The first-order valence-electron chi connectivity index (χ1n) is 8.69. The van der Waals surface area contributed by atoms with E-state index in [1.165, 1.54) is 11.9 Å². The quantitative estimate of drug-likeness (QED) is 0.675. The molecule has 0 atom stereocenters. The van der Waals surface area contributed by atoms with E-state index < -0.39 is 0 Å². The fourth-order valence-corrected chi connectivity index (χ4v) is 3.00. The van der Waals surface area contributed by atoms with Crippen LogP contribution < -0.4 is 14.8 Å². The third-order valence-electron chi connectivity index (χ3n) is 4.50. The van der Waals surface area contributed by atoms with Crippen molar-refractivity contribution in [1.82, 2.24) is 34.9 Å². The number of urea groups is 1. The smallest absolute Gasteiger partial charge is 0.322 e. The van der Waals surface area contributed by atoms with Gasteiger partial charge in [0.2, 0.25) is 0 Å². The van der Waals surface area contributed by atoms with Crippen LogP contribution in [0.15, 0.2) is 36.8 Å². The number of methoxy groups -OCH3 is 2. The Hall–Kier alpha value is -3.63. The number of rotatable bonds is 6. The number of hydrogen-bond acceptors (Lipinski definition) is 7. The van der Waals surface area contributed by atoms with Gasteiger partial charge in [-0.05, 0) is 12.1 Å². The van der Waals surface area contributed by atoms with Gasteiger partial charge in [-0.2, -0.15) is 15.0 Å². The number of carbonyl (C=O) groups excluding carboxylic acids is 1. The average Bonchev–Trinajstić information content (AvgIpc) is 3.33. The van der Waals surface area contributed by atoms with Crippen LogP contribution in [0.25, 0.3) is 0 Å². The van der Waals surface area contributed by atoms with E-state index in [2.05, 4.69) is 25.8 Å². The van der Waals surface area contributed by atoms with E-state index in [1.54, 1.807) is 47.3 Å². The van der Waals surface area contributed by atoms with Crippen LogP contribution in [0.5, 0.6) is 11.5 Å². The molecule has 1 fully saturated rings. The third kappa shape index (κ3) is 3.46. The van der Waals surface area contributed by atoms with Gasteiger partial charge in [-0.1, -0.05) is 11.3 Å². The molecule has 0 aliphatic carbocycles. The van der Waals surface area contributed by atoms with Crippen molar-refractivity contribution in [3.8, 4) is 11.5 Å². The molecule has 2 amide bonds. The lowest BCUT2D eigenvalue weighted by atomic mass is 10.1. The van der Waals surface area contributed by atoms with Crippen molar-refractivity contribution in [3.05, 3.63) is 42.5 Å². The highest BCUT2D eigenvalue weighted by molar-refractivity contribution is 5.92. The summed E-state index contributed by atoms with van der Waals surface area (Å²) in [6.45, 7) is 1.54. The summed E-state index contributed by atoms with van der Waals surface area (Å²) in [6.07, 6.45) is 5.09. The molecule has 3 heterocycles. The zero-order valence-corrected chi connectivity index (χ0v) is 15.5. The number of aromatic nitrogens is 6. The van der Waals surface area contributed by atoms with Crippen LogP contribution in [0.2, 0.25) is 0 Å². The lowest BCUT2D eigenvalue weighted by Crippen LogP contribution is -2.52. The fraction of sp³-hybridized carbons (Fsp3) is 0.353. The summed E-state index contributed by atoms with van der Waals surface area (Å²) in [5.41, 5.74) is 1.32. The fourth-order valence-electron chi connectivity index (χ4n) is 3.00. The van der Waals surface area contributed by atoms with E-state index in [1.807, 2.05) is 6.20 Å². The number of carbonyl (C=O) groups is 1. The molecule has 3 aromatic rings. The van der Waals surface area contributed by atoms with Crippen LogP contribution in [0.1, 0.15) is 11.7 Å². The molecule has 28 heavy (non-hydrogen) atoms. The Morgan fingerprint density at radius 1 is 1.21 bits per heavy atom. The Labute approximate surface area is 160 Å². The molecule has 1 N–H and O–H groups in total. The second-order valence-corrected chi connectivity index (χ2v) is 6.28. The van der Waals surface area contributed by atoms with Gasteiger partial charge in [-0.15, -0.1) is 5.10 Å². The predicted octanol–water partition coefficient (Wildman–Crippen LogP) is 1.02.